The molecule has 1 aliphatic rings. The molecule has 1 heterocycles. The lowest BCUT2D eigenvalue weighted by atomic mass is 10.1. The van der Waals surface area contributed by atoms with E-state index in [9.17, 15) is 13.2 Å². The number of ether oxygens (including phenoxy) is 1. The largest absolute Gasteiger partial charge is 0.454 e. The topological polar surface area (TPSA) is 60.4 Å². The maximum absolute atomic E-state index is 13.0. The highest BCUT2D eigenvalue weighted by atomic mass is 32.2. The highest BCUT2D eigenvalue weighted by Gasteiger charge is 2.37. The Labute approximate surface area is 141 Å². The molecule has 2 unspecified atom stereocenters. The first-order valence-electron chi connectivity index (χ1n) is 7.79. The number of aryl methyl sites for hydroxylation is 1. The molecule has 1 aliphatic heterocycles. The van der Waals surface area contributed by atoms with E-state index >= 15 is 0 Å². The Morgan fingerprint density at radius 3 is 2.17 bits per heavy atom. The molecule has 0 fully saturated rings. The molecule has 2 atom stereocenters. The third-order valence-electron chi connectivity index (χ3n) is 4.07. The van der Waals surface area contributed by atoms with Gasteiger partial charge in [-0.2, -0.15) is 0 Å². The molecule has 0 aromatic heterocycles. The number of hydrogen-bond acceptors (Lipinski definition) is 4. The van der Waals surface area contributed by atoms with Crippen molar-refractivity contribution in [2.75, 3.05) is 0 Å². The van der Waals surface area contributed by atoms with Crippen molar-refractivity contribution in [2.45, 2.75) is 29.1 Å². The van der Waals surface area contributed by atoms with Gasteiger partial charge < -0.3 is 4.74 Å². The number of cyclic esters (lactones) is 1. The van der Waals surface area contributed by atoms with Crippen LogP contribution in [0.1, 0.15) is 12.0 Å². The van der Waals surface area contributed by atoms with Gasteiger partial charge in [0.2, 0.25) is 0 Å². The molecule has 2 aromatic rings. The summed E-state index contributed by atoms with van der Waals surface area (Å²) in [5.41, 5.74) is 1.05. The standard InChI is InChI=1S/C19H18O4S/c20-19-14-12-17(23-19)18(13-11-15-7-3-1-4-8-15)24(21,22)16-9-5-2-6-10-16/h1-10,12,14,17-18H,11,13H2. The first-order valence-corrected chi connectivity index (χ1v) is 9.34. The molecule has 0 bridgehead atoms. The van der Waals surface area contributed by atoms with Crippen LogP contribution in [0.5, 0.6) is 0 Å². The average molecular weight is 342 g/mol. The molecule has 0 saturated carbocycles. The minimum Gasteiger partial charge on any atom is -0.454 e. The SMILES string of the molecule is O=C1C=CC(C(CCc2ccccc2)S(=O)(=O)c2ccccc2)O1. The van der Waals surface area contributed by atoms with E-state index in [-0.39, 0.29) is 4.90 Å². The van der Waals surface area contributed by atoms with E-state index in [2.05, 4.69) is 0 Å². The van der Waals surface area contributed by atoms with Crippen LogP contribution in [0.2, 0.25) is 0 Å². The number of hydrogen-bond donors (Lipinski definition) is 0. The van der Waals surface area contributed by atoms with E-state index in [0.29, 0.717) is 12.8 Å². The van der Waals surface area contributed by atoms with Crippen LogP contribution in [0, 0.1) is 0 Å². The molecule has 0 amide bonds. The van der Waals surface area contributed by atoms with E-state index in [1.54, 1.807) is 36.4 Å². The number of rotatable bonds is 6. The van der Waals surface area contributed by atoms with E-state index in [4.69, 9.17) is 4.74 Å². The van der Waals surface area contributed by atoms with Crippen molar-refractivity contribution in [1.82, 2.24) is 0 Å². The lowest BCUT2D eigenvalue weighted by molar-refractivity contribution is -0.138. The Bertz CT molecular complexity index is 826. The molecule has 0 N–H and O–H groups in total. The summed E-state index contributed by atoms with van der Waals surface area (Å²) in [6.07, 6.45) is 3.06. The second-order valence-corrected chi connectivity index (χ2v) is 7.85. The molecule has 5 heteroatoms. The molecule has 0 saturated heterocycles. The Hall–Kier alpha value is -2.40. The predicted octanol–water partition coefficient (Wildman–Crippen LogP) is 2.94. The number of sulfone groups is 1. The fraction of sp³-hybridized carbons (Fsp3) is 0.211. The van der Waals surface area contributed by atoms with Gasteiger partial charge in [0.15, 0.2) is 9.84 Å². The van der Waals surface area contributed by atoms with Gasteiger partial charge in [0.1, 0.15) is 11.4 Å². The van der Waals surface area contributed by atoms with Crippen LogP contribution in [0.4, 0.5) is 0 Å². The smallest absolute Gasteiger partial charge is 0.331 e. The number of benzene rings is 2. The lowest BCUT2D eigenvalue weighted by Gasteiger charge is -2.22. The zero-order valence-corrected chi connectivity index (χ0v) is 13.9. The first-order chi connectivity index (χ1) is 11.6. The highest BCUT2D eigenvalue weighted by molar-refractivity contribution is 7.92. The van der Waals surface area contributed by atoms with Crippen molar-refractivity contribution in [2.24, 2.45) is 0 Å². The zero-order valence-electron chi connectivity index (χ0n) is 13.0. The van der Waals surface area contributed by atoms with Crippen LogP contribution >= 0.6 is 0 Å². The van der Waals surface area contributed by atoms with Gasteiger partial charge in [-0.1, -0.05) is 48.5 Å². The molecule has 3 rings (SSSR count). The Morgan fingerprint density at radius 2 is 1.58 bits per heavy atom. The summed E-state index contributed by atoms with van der Waals surface area (Å²) in [6.45, 7) is 0. The zero-order chi connectivity index (χ0) is 17.0. The van der Waals surface area contributed by atoms with Crippen LogP contribution in [0.3, 0.4) is 0 Å². The molecule has 0 spiro atoms. The van der Waals surface area contributed by atoms with Gasteiger partial charge in [-0.3, -0.25) is 0 Å². The summed E-state index contributed by atoms with van der Waals surface area (Å²) in [4.78, 5) is 11.6. The van der Waals surface area contributed by atoms with Crippen molar-refractivity contribution in [3.8, 4) is 0 Å². The van der Waals surface area contributed by atoms with Gasteiger partial charge >= 0.3 is 5.97 Å². The maximum atomic E-state index is 13.0. The van der Waals surface area contributed by atoms with Gasteiger partial charge in [-0.15, -0.1) is 0 Å². The second kappa shape index (κ2) is 7.01. The maximum Gasteiger partial charge on any atom is 0.331 e. The molecule has 4 nitrogen and oxygen atoms in total. The fourth-order valence-corrected chi connectivity index (χ4v) is 4.63. The summed E-state index contributed by atoms with van der Waals surface area (Å²) in [7, 11) is -3.61. The minimum atomic E-state index is -3.61. The average Bonchev–Trinajstić information content (AvgIpc) is 3.02. The summed E-state index contributed by atoms with van der Waals surface area (Å²) in [5, 5.41) is -0.803. The monoisotopic (exact) mass is 342 g/mol. The summed E-state index contributed by atoms with van der Waals surface area (Å²) in [6, 6.07) is 18.0. The van der Waals surface area contributed by atoms with Crippen LogP contribution in [-0.2, 0) is 25.8 Å². The fourth-order valence-electron chi connectivity index (χ4n) is 2.82. The van der Waals surface area contributed by atoms with Crippen molar-refractivity contribution in [3.05, 3.63) is 78.4 Å². The van der Waals surface area contributed by atoms with Crippen molar-refractivity contribution >= 4 is 15.8 Å². The Kier molecular flexibility index (Phi) is 4.81. The summed E-state index contributed by atoms with van der Waals surface area (Å²) >= 11 is 0. The van der Waals surface area contributed by atoms with E-state index in [0.717, 1.165) is 5.56 Å². The van der Waals surface area contributed by atoms with Crippen LogP contribution in [0.25, 0.3) is 0 Å². The third-order valence-corrected chi connectivity index (χ3v) is 6.30. The van der Waals surface area contributed by atoms with Crippen molar-refractivity contribution in [3.63, 3.8) is 0 Å². The molecule has 0 aliphatic carbocycles. The predicted molar refractivity (Wildman–Crippen MR) is 91.2 cm³/mol. The lowest BCUT2D eigenvalue weighted by Crippen LogP contribution is -2.34. The molecular weight excluding hydrogens is 324 g/mol. The minimum absolute atomic E-state index is 0.249. The molecule has 0 radical (unpaired) electrons. The Morgan fingerprint density at radius 1 is 0.958 bits per heavy atom. The highest BCUT2D eigenvalue weighted by Crippen LogP contribution is 2.26. The van der Waals surface area contributed by atoms with Crippen LogP contribution in [-0.4, -0.2) is 25.7 Å². The molecule has 2 aromatic carbocycles. The number of carbonyl (C=O) groups is 1. The van der Waals surface area contributed by atoms with E-state index in [1.165, 1.54) is 6.08 Å². The Balaban J connectivity index is 1.87. The summed E-state index contributed by atoms with van der Waals surface area (Å²) in [5.74, 6) is -0.493. The molecule has 124 valence electrons. The van der Waals surface area contributed by atoms with Gasteiger partial charge in [-0.05, 0) is 36.6 Å². The van der Waals surface area contributed by atoms with Crippen molar-refractivity contribution in [1.29, 1.82) is 0 Å². The molecule has 24 heavy (non-hydrogen) atoms. The second-order valence-electron chi connectivity index (χ2n) is 5.68. The van der Waals surface area contributed by atoms with Gasteiger partial charge in [0.05, 0.1) is 4.90 Å². The van der Waals surface area contributed by atoms with E-state index < -0.39 is 27.2 Å². The van der Waals surface area contributed by atoms with Gasteiger partial charge in [0, 0.05) is 6.08 Å². The quantitative estimate of drug-likeness (QED) is 0.757. The van der Waals surface area contributed by atoms with Crippen LogP contribution < -0.4 is 0 Å². The number of esters is 1. The van der Waals surface area contributed by atoms with E-state index in [1.807, 2.05) is 30.3 Å². The van der Waals surface area contributed by atoms with Gasteiger partial charge in [0.25, 0.3) is 0 Å². The normalized spacial score (nSPS) is 18.3. The number of carbonyl (C=O) groups excluding carboxylic acids is 1. The van der Waals surface area contributed by atoms with Crippen LogP contribution in [0.15, 0.2) is 77.7 Å². The van der Waals surface area contributed by atoms with Gasteiger partial charge in [-0.25, -0.2) is 13.2 Å². The first kappa shape index (κ1) is 16.5. The molecular formula is C19H18O4S. The summed E-state index contributed by atoms with van der Waals surface area (Å²) < 4.78 is 31.2. The third kappa shape index (κ3) is 3.57. The van der Waals surface area contributed by atoms with Crippen molar-refractivity contribution < 1.29 is 17.9 Å².